The van der Waals surface area contributed by atoms with E-state index in [2.05, 4.69) is 35.6 Å². The lowest BCUT2D eigenvalue weighted by atomic mass is 10.0. The summed E-state index contributed by atoms with van der Waals surface area (Å²) in [6, 6.07) is 10.6. The summed E-state index contributed by atoms with van der Waals surface area (Å²) in [5.74, 6) is 0.0725. The molecule has 1 saturated heterocycles. The molecule has 3 nitrogen and oxygen atoms in total. The van der Waals surface area contributed by atoms with Gasteiger partial charge in [0.05, 0.1) is 12.5 Å². The van der Waals surface area contributed by atoms with E-state index >= 15 is 0 Å². The molecule has 0 aromatic heterocycles. The predicted octanol–water partition coefficient (Wildman–Crippen LogP) is 3.33. The SMILES string of the molecule is O=C(OCCCCCCc1ccccc1)C1CCCNC1. The number of rotatable bonds is 8. The molecule has 1 aliphatic rings. The van der Waals surface area contributed by atoms with E-state index in [4.69, 9.17) is 4.74 Å². The maximum atomic E-state index is 11.8. The summed E-state index contributed by atoms with van der Waals surface area (Å²) in [5, 5.41) is 3.25. The highest BCUT2D eigenvalue weighted by Gasteiger charge is 2.21. The molecule has 1 N–H and O–H groups in total. The van der Waals surface area contributed by atoms with E-state index < -0.39 is 0 Å². The van der Waals surface area contributed by atoms with Crippen LogP contribution < -0.4 is 5.32 Å². The smallest absolute Gasteiger partial charge is 0.310 e. The van der Waals surface area contributed by atoms with E-state index in [-0.39, 0.29) is 11.9 Å². The van der Waals surface area contributed by atoms with Crippen LogP contribution in [0.3, 0.4) is 0 Å². The van der Waals surface area contributed by atoms with Crippen molar-refractivity contribution in [3.8, 4) is 0 Å². The van der Waals surface area contributed by atoms with Gasteiger partial charge in [0.2, 0.25) is 0 Å². The largest absolute Gasteiger partial charge is 0.465 e. The molecule has 1 aromatic carbocycles. The fraction of sp³-hybridized carbons (Fsp3) is 0.611. The Morgan fingerprint density at radius 2 is 1.95 bits per heavy atom. The van der Waals surface area contributed by atoms with Gasteiger partial charge in [-0.3, -0.25) is 4.79 Å². The van der Waals surface area contributed by atoms with Gasteiger partial charge >= 0.3 is 5.97 Å². The zero-order chi connectivity index (χ0) is 14.8. The zero-order valence-electron chi connectivity index (χ0n) is 12.9. The third-order valence-corrected chi connectivity index (χ3v) is 4.08. The fourth-order valence-electron chi connectivity index (χ4n) is 2.77. The minimum atomic E-state index is -0.00788. The second-order valence-corrected chi connectivity index (χ2v) is 5.86. The van der Waals surface area contributed by atoms with Crippen molar-refractivity contribution in [1.82, 2.24) is 5.32 Å². The first-order chi connectivity index (χ1) is 10.4. The van der Waals surface area contributed by atoms with E-state index in [1.165, 1.54) is 18.4 Å². The molecule has 1 aliphatic heterocycles. The summed E-state index contributed by atoms with van der Waals surface area (Å²) in [4.78, 5) is 11.8. The van der Waals surface area contributed by atoms with Crippen molar-refractivity contribution in [3.05, 3.63) is 35.9 Å². The van der Waals surface area contributed by atoms with E-state index in [9.17, 15) is 4.79 Å². The van der Waals surface area contributed by atoms with Gasteiger partial charge in [0, 0.05) is 6.54 Å². The Hall–Kier alpha value is -1.35. The van der Waals surface area contributed by atoms with Crippen LogP contribution in [0.4, 0.5) is 0 Å². The van der Waals surface area contributed by atoms with Crippen molar-refractivity contribution < 1.29 is 9.53 Å². The van der Waals surface area contributed by atoms with Crippen molar-refractivity contribution >= 4 is 5.97 Å². The van der Waals surface area contributed by atoms with Crippen molar-refractivity contribution in [2.24, 2.45) is 5.92 Å². The highest BCUT2D eigenvalue weighted by molar-refractivity contribution is 5.72. The number of piperidine rings is 1. The van der Waals surface area contributed by atoms with Gasteiger partial charge in [-0.2, -0.15) is 0 Å². The molecule has 116 valence electrons. The number of hydrogen-bond donors (Lipinski definition) is 1. The van der Waals surface area contributed by atoms with Crippen molar-refractivity contribution in [2.45, 2.75) is 44.9 Å². The summed E-state index contributed by atoms with van der Waals surface area (Å²) in [7, 11) is 0. The molecular formula is C18H27NO2. The molecule has 3 heteroatoms. The Morgan fingerprint density at radius 1 is 1.14 bits per heavy atom. The van der Waals surface area contributed by atoms with Gasteiger partial charge in [-0.05, 0) is 44.2 Å². The van der Waals surface area contributed by atoms with E-state index in [0.717, 1.165) is 45.2 Å². The second-order valence-electron chi connectivity index (χ2n) is 5.86. The maximum Gasteiger partial charge on any atom is 0.310 e. The zero-order valence-corrected chi connectivity index (χ0v) is 12.9. The van der Waals surface area contributed by atoms with Gasteiger partial charge in [-0.25, -0.2) is 0 Å². The maximum absolute atomic E-state index is 11.8. The number of aryl methyl sites for hydroxylation is 1. The van der Waals surface area contributed by atoms with Gasteiger partial charge in [-0.15, -0.1) is 0 Å². The number of carbonyl (C=O) groups excluding carboxylic acids is 1. The van der Waals surface area contributed by atoms with Crippen LogP contribution in [0.1, 0.15) is 44.1 Å². The molecular weight excluding hydrogens is 262 g/mol. The van der Waals surface area contributed by atoms with Gasteiger partial charge < -0.3 is 10.1 Å². The van der Waals surface area contributed by atoms with Crippen LogP contribution >= 0.6 is 0 Å². The van der Waals surface area contributed by atoms with Crippen LogP contribution in [0.15, 0.2) is 30.3 Å². The third-order valence-electron chi connectivity index (χ3n) is 4.08. The topological polar surface area (TPSA) is 38.3 Å². The predicted molar refractivity (Wildman–Crippen MR) is 85.2 cm³/mol. The summed E-state index contributed by atoms with van der Waals surface area (Å²) in [6.45, 7) is 2.40. The molecule has 1 unspecified atom stereocenters. The van der Waals surface area contributed by atoms with E-state index in [1.54, 1.807) is 0 Å². The molecule has 1 aromatic rings. The number of esters is 1. The van der Waals surface area contributed by atoms with Crippen molar-refractivity contribution in [3.63, 3.8) is 0 Å². The monoisotopic (exact) mass is 289 g/mol. The van der Waals surface area contributed by atoms with E-state index in [0.29, 0.717) is 6.61 Å². The molecule has 0 bridgehead atoms. The summed E-state index contributed by atoms with van der Waals surface area (Å²) >= 11 is 0. The Balaban J connectivity index is 1.45. The van der Waals surface area contributed by atoms with Gasteiger partial charge in [0.1, 0.15) is 0 Å². The summed E-state index contributed by atoms with van der Waals surface area (Å²) < 4.78 is 5.37. The third kappa shape index (κ3) is 6.30. The highest BCUT2D eigenvalue weighted by Crippen LogP contribution is 2.12. The standard InChI is InChI=1S/C18H27NO2/c20-18(17-12-8-13-19-15-17)21-14-7-2-1-4-9-16-10-5-3-6-11-16/h3,5-6,10-11,17,19H,1-2,4,7-9,12-15H2. The van der Waals surface area contributed by atoms with Crippen LogP contribution in [-0.2, 0) is 16.0 Å². The number of unbranched alkanes of at least 4 members (excludes halogenated alkanes) is 3. The van der Waals surface area contributed by atoms with Gasteiger partial charge in [0.15, 0.2) is 0 Å². The number of benzene rings is 1. The van der Waals surface area contributed by atoms with Crippen molar-refractivity contribution in [2.75, 3.05) is 19.7 Å². The molecule has 0 aliphatic carbocycles. The number of ether oxygens (including phenoxy) is 1. The summed E-state index contributed by atoms with van der Waals surface area (Å²) in [6.07, 6.45) is 7.75. The first-order valence-electron chi connectivity index (χ1n) is 8.27. The van der Waals surface area contributed by atoms with Gasteiger partial charge in [0.25, 0.3) is 0 Å². The minimum Gasteiger partial charge on any atom is -0.465 e. The summed E-state index contributed by atoms with van der Waals surface area (Å²) in [5.41, 5.74) is 1.41. The molecule has 21 heavy (non-hydrogen) atoms. The molecule has 1 atom stereocenters. The fourth-order valence-corrected chi connectivity index (χ4v) is 2.77. The Morgan fingerprint density at radius 3 is 2.71 bits per heavy atom. The van der Waals surface area contributed by atoms with Crippen LogP contribution in [-0.4, -0.2) is 25.7 Å². The number of carbonyl (C=O) groups is 1. The van der Waals surface area contributed by atoms with Crippen LogP contribution in [0.25, 0.3) is 0 Å². The van der Waals surface area contributed by atoms with E-state index in [1.807, 2.05) is 0 Å². The molecule has 0 spiro atoms. The van der Waals surface area contributed by atoms with Crippen molar-refractivity contribution in [1.29, 1.82) is 0 Å². The van der Waals surface area contributed by atoms with Crippen LogP contribution in [0, 0.1) is 5.92 Å². The number of hydrogen-bond acceptors (Lipinski definition) is 3. The first kappa shape index (κ1) is 16.0. The molecule has 0 saturated carbocycles. The second kappa shape index (κ2) is 9.56. The van der Waals surface area contributed by atoms with Gasteiger partial charge in [-0.1, -0.05) is 43.2 Å². The molecule has 0 radical (unpaired) electrons. The minimum absolute atomic E-state index is 0.00788. The average molecular weight is 289 g/mol. The lowest BCUT2D eigenvalue weighted by Gasteiger charge is -2.21. The Kier molecular flexibility index (Phi) is 7.30. The Labute approximate surface area is 128 Å². The molecule has 2 rings (SSSR count). The lowest BCUT2D eigenvalue weighted by molar-refractivity contribution is -0.149. The normalized spacial score (nSPS) is 18.4. The van der Waals surface area contributed by atoms with Crippen LogP contribution in [0.2, 0.25) is 0 Å². The Bertz CT molecular complexity index is 399. The lowest BCUT2D eigenvalue weighted by Crippen LogP contribution is -2.35. The number of nitrogens with one attached hydrogen (secondary N) is 1. The molecule has 1 heterocycles. The highest BCUT2D eigenvalue weighted by atomic mass is 16.5. The quantitative estimate of drug-likeness (QED) is 0.589. The first-order valence-corrected chi connectivity index (χ1v) is 8.27. The van der Waals surface area contributed by atoms with Crippen LogP contribution in [0.5, 0.6) is 0 Å². The average Bonchev–Trinajstić information content (AvgIpc) is 2.55. The molecule has 0 amide bonds. The molecule has 1 fully saturated rings.